The van der Waals surface area contributed by atoms with Gasteiger partial charge in [0.05, 0.1) is 6.04 Å². The Morgan fingerprint density at radius 2 is 2.40 bits per heavy atom. The highest BCUT2D eigenvalue weighted by atomic mass is 14.9. The summed E-state index contributed by atoms with van der Waals surface area (Å²) in [5.41, 5.74) is 1.52. The molecule has 0 amide bonds. The van der Waals surface area contributed by atoms with Crippen LogP contribution in [0.4, 0.5) is 0 Å². The fourth-order valence-electron chi connectivity index (χ4n) is 1.45. The highest BCUT2D eigenvalue weighted by Gasteiger charge is 2.14. The first-order valence-corrected chi connectivity index (χ1v) is 3.73. The van der Waals surface area contributed by atoms with Gasteiger partial charge < -0.3 is 5.32 Å². The Kier molecular flexibility index (Phi) is 1.35. The highest BCUT2D eigenvalue weighted by Crippen LogP contribution is 2.19. The van der Waals surface area contributed by atoms with E-state index in [-0.39, 0.29) is 0 Å². The smallest absolute Gasteiger partial charge is 0.0508 e. The monoisotopic (exact) mass is 133 g/mol. The Morgan fingerprint density at radius 1 is 1.40 bits per heavy atom. The first kappa shape index (κ1) is 5.78. The van der Waals surface area contributed by atoms with Gasteiger partial charge in [0.1, 0.15) is 0 Å². The standard InChI is InChI=1S/C9H11N/c1-2-6-9-8(4-1)5-3-7-10-9/h1-3,5,7,9-10H,4,6H2. The summed E-state index contributed by atoms with van der Waals surface area (Å²) in [5, 5.41) is 3.32. The molecule has 0 radical (unpaired) electrons. The van der Waals surface area contributed by atoms with E-state index in [0.29, 0.717) is 6.04 Å². The van der Waals surface area contributed by atoms with E-state index in [9.17, 15) is 0 Å². The molecule has 0 aromatic rings. The van der Waals surface area contributed by atoms with Gasteiger partial charge in [-0.05, 0) is 30.7 Å². The van der Waals surface area contributed by atoms with Crippen molar-refractivity contribution in [3.8, 4) is 0 Å². The number of rotatable bonds is 0. The number of dihydropyridines is 1. The Bertz CT molecular complexity index is 211. The Hall–Kier alpha value is -0.980. The lowest BCUT2D eigenvalue weighted by atomic mass is 9.94. The fraction of sp³-hybridized carbons (Fsp3) is 0.333. The second-order valence-electron chi connectivity index (χ2n) is 2.73. The first-order chi connectivity index (χ1) is 4.97. The van der Waals surface area contributed by atoms with Crippen molar-refractivity contribution in [3.05, 3.63) is 36.1 Å². The van der Waals surface area contributed by atoms with Crippen LogP contribution in [-0.4, -0.2) is 6.04 Å². The average molecular weight is 133 g/mol. The van der Waals surface area contributed by atoms with E-state index in [0.717, 1.165) is 12.8 Å². The van der Waals surface area contributed by atoms with Gasteiger partial charge in [-0.15, -0.1) is 0 Å². The minimum absolute atomic E-state index is 0.593. The van der Waals surface area contributed by atoms with Gasteiger partial charge in [0.2, 0.25) is 0 Å². The first-order valence-electron chi connectivity index (χ1n) is 3.73. The molecular formula is C9H11N. The van der Waals surface area contributed by atoms with Crippen molar-refractivity contribution in [3.63, 3.8) is 0 Å². The van der Waals surface area contributed by atoms with Crippen LogP contribution in [-0.2, 0) is 0 Å². The minimum atomic E-state index is 0.593. The topological polar surface area (TPSA) is 12.0 Å². The SMILES string of the molecule is C1=CNC2CC=CCC2=C1. The quantitative estimate of drug-likeness (QED) is 0.496. The van der Waals surface area contributed by atoms with Crippen LogP contribution in [0.5, 0.6) is 0 Å². The molecule has 1 heterocycles. The van der Waals surface area contributed by atoms with Gasteiger partial charge in [0.25, 0.3) is 0 Å². The third-order valence-corrected chi connectivity index (χ3v) is 2.04. The molecule has 1 aliphatic carbocycles. The predicted octanol–water partition coefficient (Wildman–Crippen LogP) is 1.75. The van der Waals surface area contributed by atoms with Gasteiger partial charge >= 0.3 is 0 Å². The number of nitrogens with one attached hydrogen (secondary N) is 1. The normalized spacial score (nSPS) is 28.8. The highest BCUT2D eigenvalue weighted by molar-refractivity contribution is 5.28. The van der Waals surface area contributed by atoms with Gasteiger partial charge in [-0.3, -0.25) is 0 Å². The molecule has 2 rings (SSSR count). The summed E-state index contributed by atoms with van der Waals surface area (Å²) in [7, 11) is 0. The Balaban J connectivity index is 2.23. The zero-order valence-electron chi connectivity index (χ0n) is 5.88. The van der Waals surface area contributed by atoms with Gasteiger partial charge in [-0.1, -0.05) is 18.2 Å². The molecule has 1 heteroatoms. The Labute approximate surface area is 61.1 Å². The van der Waals surface area contributed by atoms with E-state index in [1.165, 1.54) is 5.57 Å². The van der Waals surface area contributed by atoms with Crippen molar-refractivity contribution < 1.29 is 0 Å². The molecule has 0 aromatic carbocycles. The molecule has 0 bridgehead atoms. The van der Waals surface area contributed by atoms with Gasteiger partial charge in [0, 0.05) is 0 Å². The molecule has 0 saturated heterocycles. The molecule has 0 aromatic heterocycles. The molecule has 0 saturated carbocycles. The van der Waals surface area contributed by atoms with Gasteiger partial charge in [-0.2, -0.15) is 0 Å². The number of hydrogen-bond acceptors (Lipinski definition) is 1. The predicted molar refractivity (Wildman–Crippen MR) is 42.5 cm³/mol. The molecule has 0 fully saturated rings. The van der Waals surface area contributed by atoms with Crippen molar-refractivity contribution in [1.82, 2.24) is 5.32 Å². The van der Waals surface area contributed by atoms with E-state index >= 15 is 0 Å². The largest absolute Gasteiger partial charge is 0.384 e. The van der Waals surface area contributed by atoms with E-state index in [1.807, 2.05) is 6.20 Å². The molecule has 1 N–H and O–H groups in total. The second-order valence-corrected chi connectivity index (χ2v) is 2.73. The lowest BCUT2D eigenvalue weighted by molar-refractivity contribution is 0.638. The van der Waals surface area contributed by atoms with Crippen LogP contribution in [0.15, 0.2) is 36.1 Å². The van der Waals surface area contributed by atoms with E-state index < -0.39 is 0 Å². The zero-order valence-corrected chi connectivity index (χ0v) is 5.88. The molecule has 1 nitrogen and oxygen atoms in total. The van der Waals surface area contributed by atoms with Crippen LogP contribution in [0, 0.1) is 0 Å². The van der Waals surface area contributed by atoms with Crippen LogP contribution in [0.2, 0.25) is 0 Å². The fourth-order valence-corrected chi connectivity index (χ4v) is 1.45. The molecule has 0 spiro atoms. The van der Waals surface area contributed by atoms with Crippen LogP contribution < -0.4 is 5.32 Å². The van der Waals surface area contributed by atoms with Gasteiger partial charge in [-0.25, -0.2) is 0 Å². The maximum absolute atomic E-state index is 3.32. The van der Waals surface area contributed by atoms with E-state index in [1.54, 1.807) is 0 Å². The summed E-state index contributed by atoms with van der Waals surface area (Å²) in [6.07, 6.45) is 13.1. The van der Waals surface area contributed by atoms with Gasteiger partial charge in [0.15, 0.2) is 0 Å². The van der Waals surface area contributed by atoms with Crippen molar-refractivity contribution in [2.45, 2.75) is 18.9 Å². The summed E-state index contributed by atoms with van der Waals surface area (Å²) >= 11 is 0. The van der Waals surface area contributed by atoms with E-state index in [4.69, 9.17) is 0 Å². The van der Waals surface area contributed by atoms with Crippen molar-refractivity contribution in [2.75, 3.05) is 0 Å². The lowest BCUT2D eigenvalue weighted by Gasteiger charge is -2.24. The zero-order chi connectivity index (χ0) is 6.81. The third kappa shape index (κ3) is 0.878. The van der Waals surface area contributed by atoms with Crippen LogP contribution in [0.25, 0.3) is 0 Å². The van der Waals surface area contributed by atoms with Crippen LogP contribution in [0.1, 0.15) is 12.8 Å². The maximum atomic E-state index is 3.32. The summed E-state index contributed by atoms with van der Waals surface area (Å²) in [6, 6.07) is 0.593. The summed E-state index contributed by atoms with van der Waals surface area (Å²) in [6.45, 7) is 0. The molecule has 52 valence electrons. The minimum Gasteiger partial charge on any atom is -0.384 e. The van der Waals surface area contributed by atoms with Crippen molar-refractivity contribution >= 4 is 0 Å². The number of fused-ring (bicyclic) bond motifs is 1. The maximum Gasteiger partial charge on any atom is 0.0508 e. The molecule has 1 atom stereocenters. The third-order valence-electron chi connectivity index (χ3n) is 2.04. The van der Waals surface area contributed by atoms with Crippen LogP contribution in [0.3, 0.4) is 0 Å². The average Bonchev–Trinajstić information content (AvgIpc) is 2.05. The molecule has 1 aliphatic heterocycles. The number of allylic oxidation sites excluding steroid dienone is 3. The summed E-state index contributed by atoms with van der Waals surface area (Å²) in [4.78, 5) is 0. The molecule has 1 unspecified atom stereocenters. The molecule has 2 aliphatic rings. The van der Waals surface area contributed by atoms with Crippen molar-refractivity contribution in [2.24, 2.45) is 0 Å². The lowest BCUT2D eigenvalue weighted by Crippen LogP contribution is -2.29. The summed E-state index contributed by atoms with van der Waals surface area (Å²) in [5.74, 6) is 0. The summed E-state index contributed by atoms with van der Waals surface area (Å²) < 4.78 is 0. The number of hydrogen-bond donors (Lipinski definition) is 1. The van der Waals surface area contributed by atoms with Crippen LogP contribution >= 0.6 is 0 Å². The molecule has 10 heavy (non-hydrogen) atoms. The molecular weight excluding hydrogens is 122 g/mol. The van der Waals surface area contributed by atoms with E-state index in [2.05, 4.69) is 29.6 Å². The Morgan fingerprint density at radius 3 is 3.30 bits per heavy atom. The second kappa shape index (κ2) is 2.33. The van der Waals surface area contributed by atoms with Crippen molar-refractivity contribution in [1.29, 1.82) is 0 Å².